The molecular formula is C18H16F3N5O. The molecule has 3 N–H and O–H groups in total. The fourth-order valence-electron chi connectivity index (χ4n) is 2.59. The molecule has 0 aliphatic carbocycles. The number of nitrogens with zero attached hydrogens (tertiary/aromatic N) is 3. The van der Waals surface area contributed by atoms with Gasteiger partial charge in [-0.05, 0) is 37.3 Å². The van der Waals surface area contributed by atoms with Crippen LogP contribution in [0.15, 0.2) is 42.5 Å². The van der Waals surface area contributed by atoms with Gasteiger partial charge in [0.25, 0.3) is 5.91 Å². The molecule has 0 aliphatic rings. The van der Waals surface area contributed by atoms with Crippen LogP contribution in [-0.2, 0) is 13.2 Å². The Labute approximate surface area is 152 Å². The van der Waals surface area contributed by atoms with E-state index < -0.39 is 11.9 Å². The summed E-state index contributed by atoms with van der Waals surface area (Å²) < 4.78 is 39.6. The zero-order chi connectivity index (χ0) is 19.8. The molecule has 2 aromatic heterocycles. The number of benzene rings is 1. The van der Waals surface area contributed by atoms with Gasteiger partial charge in [0, 0.05) is 18.2 Å². The Kier molecular flexibility index (Phi) is 4.61. The lowest BCUT2D eigenvalue weighted by Crippen LogP contribution is -2.13. The maximum absolute atomic E-state index is 12.8. The van der Waals surface area contributed by atoms with E-state index in [0.29, 0.717) is 5.56 Å². The molecule has 9 heteroatoms. The van der Waals surface area contributed by atoms with E-state index in [1.54, 1.807) is 18.2 Å². The van der Waals surface area contributed by atoms with Crippen molar-refractivity contribution in [1.82, 2.24) is 14.8 Å². The molecule has 0 bridgehead atoms. The second-order valence-electron chi connectivity index (χ2n) is 5.99. The summed E-state index contributed by atoms with van der Waals surface area (Å²) in [6.45, 7) is 1.87. The molecule has 0 atom stereocenters. The minimum atomic E-state index is -4.56. The highest BCUT2D eigenvalue weighted by Crippen LogP contribution is 2.33. The zero-order valence-electron chi connectivity index (χ0n) is 14.5. The van der Waals surface area contributed by atoms with Crippen LogP contribution < -0.4 is 11.1 Å². The summed E-state index contributed by atoms with van der Waals surface area (Å²) in [6, 6.07) is 10.9. The van der Waals surface area contributed by atoms with E-state index in [-0.39, 0.29) is 28.8 Å². The Morgan fingerprint density at radius 1 is 1.19 bits per heavy atom. The summed E-state index contributed by atoms with van der Waals surface area (Å²) in [7, 11) is 1.39. The number of alkyl halides is 3. The van der Waals surface area contributed by atoms with Crippen molar-refractivity contribution in [2.24, 2.45) is 7.05 Å². The Bertz CT molecular complexity index is 1010. The van der Waals surface area contributed by atoms with E-state index in [2.05, 4.69) is 15.4 Å². The van der Waals surface area contributed by atoms with Crippen LogP contribution in [0.3, 0.4) is 0 Å². The first-order valence-corrected chi connectivity index (χ1v) is 7.91. The van der Waals surface area contributed by atoms with E-state index in [1.807, 2.05) is 13.0 Å². The summed E-state index contributed by atoms with van der Waals surface area (Å²) >= 11 is 0. The molecule has 6 nitrogen and oxygen atoms in total. The van der Waals surface area contributed by atoms with Gasteiger partial charge in [0.1, 0.15) is 11.6 Å². The molecule has 0 radical (unpaired) electrons. The first kappa shape index (κ1) is 18.4. The highest BCUT2D eigenvalue weighted by Gasteiger charge is 2.35. The van der Waals surface area contributed by atoms with Gasteiger partial charge < -0.3 is 11.1 Å². The van der Waals surface area contributed by atoms with Crippen molar-refractivity contribution in [1.29, 1.82) is 0 Å². The van der Waals surface area contributed by atoms with Crippen molar-refractivity contribution in [3.8, 4) is 11.3 Å². The Hall–Kier alpha value is -3.36. The third kappa shape index (κ3) is 3.91. The van der Waals surface area contributed by atoms with Crippen molar-refractivity contribution in [2.75, 3.05) is 11.1 Å². The van der Waals surface area contributed by atoms with Crippen LogP contribution in [0.2, 0.25) is 0 Å². The van der Waals surface area contributed by atoms with Crippen LogP contribution in [0, 0.1) is 6.92 Å². The predicted molar refractivity (Wildman–Crippen MR) is 95.0 cm³/mol. The number of aryl methyl sites for hydroxylation is 2. The molecule has 0 unspecified atom stereocenters. The lowest BCUT2D eigenvalue weighted by molar-refractivity contribution is -0.141. The molecule has 27 heavy (non-hydrogen) atoms. The lowest BCUT2D eigenvalue weighted by Gasteiger charge is -2.09. The van der Waals surface area contributed by atoms with Crippen LogP contribution in [0.4, 0.5) is 24.8 Å². The standard InChI is InChI=1S/C18H16F3N5O/c1-10-4-3-5-11(8-10)17(27)24-15-7-6-12(16(22)23-15)13-9-14(18(19,20)21)25-26(13)2/h3-9H,1-2H3,(H3,22,23,24,27). The van der Waals surface area contributed by atoms with E-state index >= 15 is 0 Å². The summed E-state index contributed by atoms with van der Waals surface area (Å²) in [5, 5.41) is 6.07. The number of hydrogen-bond acceptors (Lipinski definition) is 4. The van der Waals surface area contributed by atoms with Gasteiger partial charge in [-0.15, -0.1) is 0 Å². The van der Waals surface area contributed by atoms with Crippen LogP contribution >= 0.6 is 0 Å². The first-order valence-electron chi connectivity index (χ1n) is 7.91. The number of carbonyl (C=O) groups excluding carboxylic acids is 1. The van der Waals surface area contributed by atoms with Gasteiger partial charge in [0.05, 0.1) is 5.69 Å². The number of halogens is 3. The van der Waals surface area contributed by atoms with Gasteiger partial charge in [0.2, 0.25) is 0 Å². The maximum Gasteiger partial charge on any atom is 0.435 e. The molecule has 3 rings (SSSR count). The summed E-state index contributed by atoms with van der Waals surface area (Å²) in [6.07, 6.45) is -4.56. The van der Waals surface area contributed by atoms with Gasteiger partial charge >= 0.3 is 6.18 Å². The number of carbonyl (C=O) groups is 1. The predicted octanol–water partition coefficient (Wildman–Crippen LogP) is 3.64. The Morgan fingerprint density at radius 2 is 1.93 bits per heavy atom. The topological polar surface area (TPSA) is 85.8 Å². The van der Waals surface area contributed by atoms with Gasteiger partial charge in [0.15, 0.2) is 5.69 Å². The lowest BCUT2D eigenvalue weighted by atomic mass is 10.1. The largest absolute Gasteiger partial charge is 0.435 e. The molecule has 0 fully saturated rings. The number of nitrogen functional groups attached to an aromatic ring is 1. The number of nitrogens with two attached hydrogens (primary N) is 1. The molecule has 2 heterocycles. The summed E-state index contributed by atoms with van der Waals surface area (Å²) in [4.78, 5) is 16.3. The highest BCUT2D eigenvalue weighted by atomic mass is 19.4. The van der Waals surface area contributed by atoms with Crippen molar-refractivity contribution in [3.63, 3.8) is 0 Å². The van der Waals surface area contributed by atoms with Crippen LogP contribution in [-0.4, -0.2) is 20.7 Å². The van der Waals surface area contributed by atoms with Crippen molar-refractivity contribution in [2.45, 2.75) is 13.1 Å². The van der Waals surface area contributed by atoms with E-state index in [9.17, 15) is 18.0 Å². The second kappa shape index (κ2) is 6.75. The van der Waals surface area contributed by atoms with Crippen LogP contribution in [0.1, 0.15) is 21.6 Å². The number of rotatable bonds is 3. The van der Waals surface area contributed by atoms with Crippen molar-refractivity contribution < 1.29 is 18.0 Å². The van der Waals surface area contributed by atoms with Crippen molar-refractivity contribution >= 4 is 17.5 Å². The fraction of sp³-hybridized carbons (Fsp3) is 0.167. The summed E-state index contributed by atoms with van der Waals surface area (Å²) in [5.74, 6) is -0.187. The second-order valence-corrected chi connectivity index (χ2v) is 5.99. The monoisotopic (exact) mass is 375 g/mol. The third-order valence-electron chi connectivity index (χ3n) is 3.89. The molecule has 0 saturated carbocycles. The van der Waals surface area contributed by atoms with Crippen LogP contribution in [0.25, 0.3) is 11.3 Å². The number of amides is 1. The number of nitrogens with one attached hydrogen (secondary N) is 1. The van der Waals surface area contributed by atoms with Gasteiger partial charge in [-0.3, -0.25) is 9.48 Å². The molecule has 0 spiro atoms. The number of anilines is 2. The Balaban J connectivity index is 1.86. The molecule has 1 amide bonds. The van der Waals surface area contributed by atoms with E-state index in [1.165, 1.54) is 19.2 Å². The number of pyridine rings is 1. The maximum atomic E-state index is 12.8. The van der Waals surface area contributed by atoms with Gasteiger partial charge in [-0.2, -0.15) is 18.3 Å². The molecule has 0 saturated heterocycles. The quantitative estimate of drug-likeness (QED) is 0.732. The average molecular weight is 375 g/mol. The minimum Gasteiger partial charge on any atom is -0.383 e. The number of hydrogen-bond donors (Lipinski definition) is 2. The smallest absolute Gasteiger partial charge is 0.383 e. The minimum absolute atomic E-state index is 0.0197. The first-order chi connectivity index (χ1) is 12.6. The summed E-state index contributed by atoms with van der Waals surface area (Å²) in [5.41, 5.74) is 6.73. The highest BCUT2D eigenvalue weighted by molar-refractivity contribution is 6.04. The fourth-order valence-corrected chi connectivity index (χ4v) is 2.59. The zero-order valence-corrected chi connectivity index (χ0v) is 14.5. The normalized spacial score (nSPS) is 11.4. The van der Waals surface area contributed by atoms with Crippen LogP contribution in [0.5, 0.6) is 0 Å². The van der Waals surface area contributed by atoms with E-state index in [4.69, 9.17) is 5.73 Å². The SMILES string of the molecule is Cc1cccc(C(=O)Nc2ccc(-c3cc(C(F)(F)F)nn3C)c(N)n2)c1. The van der Waals surface area contributed by atoms with Crippen molar-refractivity contribution in [3.05, 3.63) is 59.3 Å². The molecule has 0 aliphatic heterocycles. The number of aromatic nitrogens is 3. The molecule has 140 valence electrons. The molecule has 3 aromatic rings. The molecular weight excluding hydrogens is 359 g/mol. The average Bonchev–Trinajstić information content (AvgIpc) is 2.97. The Morgan fingerprint density at radius 3 is 2.52 bits per heavy atom. The van der Waals surface area contributed by atoms with E-state index in [0.717, 1.165) is 16.3 Å². The third-order valence-corrected chi connectivity index (χ3v) is 3.89. The molecule has 1 aromatic carbocycles. The van der Waals surface area contributed by atoms with Gasteiger partial charge in [-0.1, -0.05) is 17.7 Å². The van der Waals surface area contributed by atoms with Gasteiger partial charge in [-0.25, -0.2) is 4.98 Å².